The molecule has 0 saturated heterocycles. The van der Waals surface area contributed by atoms with Gasteiger partial charge in [-0.1, -0.05) is 0 Å². The van der Waals surface area contributed by atoms with Gasteiger partial charge in [0, 0.05) is 23.7 Å². The van der Waals surface area contributed by atoms with Gasteiger partial charge in [-0.2, -0.15) is 0 Å². The first-order chi connectivity index (χ1) is 6.34. The van der Waals surface area contributed by atoms with Gasteiger partial charge < -0.3 is 4.42 Å². The third-order valence-corrected chi connectivity index (χ3v) is 2.35. The Bertz CT molecular complexity index is 474. The van der Waals surface area contributed by atoms with Gasteiger partial charge in [0.1, 0.15) is 17.8 Å². The summed E-state index contributed by atoms with van der Waals surface area (Å²) >= 11 is 0. The first kappa shape index (κ1) is 6.83. The minimum Gasteiger partial charge on any atom is -0.465 e. The van der Waals surface area contributed by atoms with E-state index in [1.807, 2.05) is 19.2 Å². The van der Waals surface area contributed by atoms with Crippen LogP contribution in [-0.2, 0) is 6.42 Å². The van der Waals surface area contributed by atoms with E-state index in [1.54, 1.807) is 6.33 Å². The fraction of sp³-hybridized carbons (Fsp3) is 0.200. The van der Waals surface area contributed by atoms with Crippen LogP contribution in [0.25, 0.3) is 11.1 Å². The lowest BCUT2D eigenvalue weighted by Gasteiger charge is -1.94. The monoisotopic (exact) mass is 172 g/mol. The van der Waals surface area contributed by atoms with Crippen LogP contribution in [0.5, 0.6) is 0 Å². The lowest BCUT2D eigenvalue weighted by atomic mass is 10.2. The standard InChI is InChI=1S/C10H8N2O/c1-6-2-7-8-4-11-5-12-9(8)3-10(7)13-6/h2,4-5H,3H2,1H3. The van der Waals surface area contributed by atoms with E-state index in [2.05, 4.69) is 9.97 Å². The van der Waals surface area contributed by atoms with Crippen molar-refractivity contribution >= 4 is 0 Å². The molecule has 0 amide bonds. The Morgan fingerprint density at radius 3 is 3.23 bits per heavy atom. The molecule has 64 valence electrons. The molecule has 0 aliphatic heterocycles. The Kier molecular flexibility index (Phi) is 1.15. The molecule has 2 aromatic heterocycles. The van der Waals surface area contributed by atoms with Crippen LogP contribution in [0.4, 0.5) is 0 Å². The third kappa shape index (κ3) is 0.840. The van der Waals surface area contributed by atoms with Gasteiger partial charge in [0.15, 0.2) is 0 Å². The van der Waals surface area contributed by atoms with E-state index in [0.717, 1.165) is 34.8 Å². The molecule has 0 radical (unpaired) electrons. The van der Waals surface area contributed by atoms with Gasteiger partial charge in [-0.25, -0.2) is 9.97 Å². The average Bonchev–Trinajstić information content (AvgIpc) is 2.60. The molecule has 1 aliphatic rings. The van der Waals surface area contributed by atoms with E-state index in [9.17, 15) is 0 Å². The minimum absolute atomic E-state index is 0.807. The first-order valence-electron chi connectivity index (χ1n) is 4.23. The van der Waals surface area contributed by atoms with Crippen molar-refractivity contribution < 1.29 is 4.42 Å². The van der Waals surface area contributed by atoms with Crippen LogP contribution in [-0.4, -0.2) is 9.97 Å². The van der Waals surface area contributed by atoms with Crippen LogP contribution in [0.1, 0.15) is 17.2 Å². The third-order valence-electron chi connectivity index (χ3n) is 2.35. The SMILES string of the molecule is Cc1cc2c(o1)Cc1ncncc1-2. The van der Waals surface area contributed by atoms with Crippen LogP contribution in [0.2, 0.25) is 0 Å². The van der Waals surface area contributed by atoms with Crippen molar-refractivity contribution in [2.45, 2.75) is 13.3 Å². The number of hydrogen-bond acceptors (Lipinski definition) is 3. The average molecular weight is 172 g/mol. The maximum atomic E-state index is 5.54. The topological polar surface area (TPSA) is 38.9 Å². The van der Waals surface area contributed by atoms with E-state index < -0.39 is 0 Å². The second kappa shape index (κ2) is 2.19. The van der Waals surface area contributed by atoms with E-state index >= 15 is 0 Å². The molecule has 3 heteroatoms. The quantitative estimate of drug-likeness (QED) is 0.520. The second-order valence-electron chi connectivity index (χ2n) is 3.25. The molecular formula is C10H8N2O. The van der Waals surface area contributed by atoms with E-state index in [-0.39, 0.29) is 0 Å². The van der Waals surface area contributed by atoms with Gasteiger partial charge in [0.25, 0.3) is 0 Å². The van der Waals surface area contributed by atoms with Crippen LogP contribution in [0.3, 0.4) is 0 Å². The Morgan fingerprint density at radius 2 is 2.31 bits per heavy atom. The molecule has 2 aromatic rings. The number of rotatable bonds is 0. The highest BCUT2D eigenvalue weighted by Crippen LogP contribution is 2.36. The molecule has 3 nitrogen and oxygen atoms in total. The summed E-state index contributed by atoms with van der Waals surface area (Å²) in [6.45, 7) is 1.96. The van der Waals surface area contributed by atoms with Gasteiger partial charge in [-0.05, 0) is 13.0 Å². The number of furan rings is 1. The summed E-state index contributed by atoms with van der Waals surface area (Å²) in [5.41, 5.74) is 3.35. The highest BCUT2D eigenvalue weighted by molar-refractivity contribution is 5.72. The highest BCUT2D eigenvalue weighted by Gasteiger charge is 2.23. The predicted molar refractivity (Wildman–Crippen MR) is 47.3 cm³/mol. The van der Waals surface area contributed by atoms with Crippen LogP contribution < -0.4 is 0 Å². The van der Waals surface area contributed by atoms with Gasteiger partial charge in [-0.15, -0.1) is 0 Å². The molecule has 0 bridgehead atoms. The summed E-state index contributed by atoms with van der Waals surface area (Å²) in [6, 6.07) is 2.05. The summed E-state index contributed by atoms with van der Waals surface area (Å²) in [7, 11) is 0. The normalized spacial score (nSPS) is 12.7. The molecule has 13 heavy (non-hydrogen) atoms. The predicted octanol–water partition coefficient (Wildman–Crippen LogP) is 1.95. The Hall–Kier alpha value is -1.64. The van der Waals surface area contributed by atoms with Crippen molar-refractivity contribution in [3.63, 3.8) is 0 Å². The smallest absolute Gasteiger partial charge is 0.118 e. The van der Waals surface area contributed by atoms with E-state index in [0.29, 0.717) is 0 Å². The maximum Gasteiger partial charge on any atom is 0.118 e. The highest BCUT2D eigenvalue weighted by atomic mass is 16.3. The molecule has 0 saturated carbocycles. The zero-order chi connectivity index (χ0) is 8.84. The van der Waals surface area contributed by atoms with Crippen LogP contribution >= 0.6 is 0 Å². The van der Waals surface area contributed by atoms with Gasteiger partial charge in [0.2, 0.25) is 0 Å². The Labute approximate surface area is 75.4 Å². The number of fused-ring (bicyclic) bond motifs is 3. The molecule has 0 N–H and O–H groups in total. The van der Waals surface area contributed by atoms with Crippen LogP contribution in [0.15, 0.2) is 23.0 Å². The molecule has 0 aromatic carbocycles. The number of hydrogen-bond donors (Lipinski definition) is 0. The zero-order valence-corrected chi connectivity index (χ0v) is 7.24. The van der Waals surface area contributed by atoms with Gasteiger partial charge in [0.05, 0.1) is 5.69 Å². The molecule has 3 rings (SSSR count). The number of aryl methyl sites for hydroxylation is 1. The van der Waals surface area contributed by atoms with Crippen molar-refractivity contribution in [2.75, 3.05) is 0 Å². The maximum absolute atomic E-state index is 5.54. The lowest BCUT2D eigenvalue weighted by Crippen LogP contribution is -1.87. The summed E-state index contributed by atoms with van der Waals surface area (Å²) in [5.74, 6) is 1.98. The number of aromatic nitrogens is 2. The number of nitrogens with zero attached hydrogens (tertiary/aromatic N) is 2. The Balaban J connectivity index is 2.30. The van der Waals surface area contributed by atoms with Crippen molar-refractivity contribution in [2.24, 2.45) is 0 Å². The zero-order valence-electron chi connectivity index (χ0n) is 7.24. The molecule has 2 heterocycles. The first-order valence-corrected chi connectivity index (χ1v) is 4.23. The minimum atomic E-state index is 0.807. The molecule has 0 atom stereocenters. The summed E-state index contributed by atoms with van der Waals surface area (Å²) in [5, 5.41) is 0. The van der Waals surface area contributed by atoms with E-state index in [1.165, 1.54) is 0 Å². The van der Waals surface area contributed by atoms with Crippen molar-refractivity contribution in [3.8, 4) is 11.1 Å². The fourth-order valence-corrected chi connectivity index (χ4v) is 1.79. The summed E-state index contributed by atoms with van der Waals surface area (Å²) in [6.07, 6.45) is 4.24. The van der Waals surface area contributed by atoms with Gasteiger partial charge >= 0.3 is 0 Å². The summed E-state index contributed by atoms with van der Waals surface area (Å²) in [4.78, 5) is 8.22. The van der Waals surface area contributed by atoms with Crippen molar-refractivity contribution in [3.05, 3.63) is 35.8 Å². The molecular weight excluding hydrogens is 164 g/mol. The van der Waals surface area contributed by atoms with Crippen molar-refractivity contribution in [1.82, 2.24) is 9.97 Å². The molecule has 1 aliphatic carbocycles. The largest absolute Gasteiger partial charge is 0.465 e. The lowest BCUT2D eigenvalue weighted by molar-refractivity contribution is 0.495. The van der Waals surface area contributed by atoms with Crippen LogP contribution in [0, 0.1) is 6.92 Å². The Morgan fingerprint density at radius 1 is 1.38 bits per heavy atom. The van der Waals surface area contributed by atoms with E-state index in [4.69, 9.17) is 4.42 Å². The molecule has 0 fully saturated rings. The molecule has 0 unspecified atom stereocenters. The summed E-state index contributed by atoms with van der Waals surface area (Å²) < 4.78 is 5.54. The van der Waals surface area contributed by atoms with Crippen molar-refractivity contribution in [1.29, 1.82) is 0 Å². The molecule has 0 spiro atoms. The van der Waals surface area contributed by atoms with Gasteiger partial charge in [-0.3, -0.25) is 0 Å². The fourth-order valence-electron chi connectivity index (χ4n) is 1.79. The second-order valence-corrected chi connectivity index (χ2v) is 3.25.